The predicted octanol–water partition coefficient (Wildman–Crippen LogP) is 3.96. The van der Waals surface area contributed by atoms with Crippen molar-refractivity contribution in [1.82, 2.24) is 0 Å². The van der Waals surface area contributed by atoms with Crippen LogP contribution in [0.3, 0.4) is 0 Å². The molecule has 5 N–H and O–H groups in total. The van der Waals surface area contributed by atoms with E-state index in [0.717, 1.165) is 19.3 Å². The van der Waals surface area contributed by atoms with E-state index in [9.17, 15) is 10.1 Å². The van der Waals surface area contributed by atoms with E-state index < -0.39 is 6.04 Å². The SMILES string of the molecule is CC(=N)CC(=S)Nc1cc(NC(CC2CCCCC2)C(N)=O)ccc1C#N. The number of carbonyl (C=O) groups is 1. The average molecular weight is 386 g/mol. The quantitative estimate of drug-likeness (QED) is 0.399. The molecular weight excluding hydrogens is 358 g/mol. The third-order valence-corrected chi connectivity index (χ3v) is 5.06. The fourth-order valence-electron chi connectivity index (χ4n) is 3.47. The molecule has 1 aromatic rings. The number of nitrogens with one attached hydrogen (secondary N) is 3. The van der Waals surface area contributed by atoms with Crippen LogP contribution in [0, 0.1) is 22.7 Å². The van der Waals surface area contributed by atoms with E-state index >= 15 is 0 Å². The molecule has 2 rings (SSSR count). The van der Waals surface area contributed by atoms with Crippen LogP contribution < -0.4 is 16.4 Å². The van der Waals surface area contributed by atoms with Crippen LogP contribution in [0.15, 0.2) is 18.2 Å². The zero-order valence-corrected chi connectivity index (χ0v) is 16.5. The van der Waals surface area contributed by atoms with Crippen molar-refractivity contribution in [1.29, 1.82) is 10.7 Å². The summed E-state index contributed by atoms with van der Waals surface area (Å²) in [7, 11) is 0. The van der Waals surface area contributed by atoms with Gasteiger partial charge in [-0.1, -0.05) is 44.3 Å². The van der Waals surface area contributed by atoms with Gasteiger partial charge in [0.1, 0.15) is 12.1 Å². The normalized spacial score (nSPS) is 15.4. The lowest BCUT2D eigenvalue weighted by atomic mass is 9.84. The monoisotopic (exact) mass is 385 g/mol. The summed E-state index contributed by atoms with van der Waals surface area (Å²) >= 11 is 5.24. The third kappa shape index (κ3) is 6.65. The molecule has 0 saturated heterocycles. The smallest absolute Gasteiger partial charge is 0.239 e. The average Bonchev–Trinajstić information content (AvgIpc) is 2.61. The molecule has 0 aliphatic heterocycles. The number of nitrogens with two attached hydrogens (primary N) is 1. The van der Waals surface area contributed by atoms with Crippen molar-refractivity contribution < 1.29 is 4.79 Å². The van der Waals surface area contributed by atoms with Crippen LogP contribution in [0.5, 0.6) is 0 Å². The molecule has 0 spiro atoms. The summed E-state index contributed by atoms with van der Waals surface area (Å²) in [4.78, 5) is 12.4. The largest absolute Gasteiger partial charge is 0.374 e. The van der Waals surface area contributed by atoms with Crippen LogP contribution in [0.1, 0.15) is 57.4 Å². The number of hydrogen-bond acceptors (Lipinski definition) is 5. The van der Waals surface area contributed by atoms with E-state index in [4.69, 9.17) is 23.4 Å². The van der Waals surface area contributed by atoms with Crippen molar-refractivity contribution in [3.05, 3.63) is 23.8 Å². The zero-order chi connectivity index (χ0) is 19.8. The Kier molecular flexibility index (Phi) is 7.74. The van der Waals surface area contributed by atoms with Crippen molar-refractivity contribution >= 4 is 40.2 Å². The van der Waals surface area contributed by atoms with E-state index in [2.05, 4.69) is 16.7 Å². The molecule has 144 valence electrons. The van der Waals surface area contributed by atoms with Gasteiger partial charge in [0.15, 0.2) is 0 Å². The van der Waals surface area contributed by atoms with Gasteiger partial charge in [-0.25, -0.2) is 0 Å². The molecule has 1 amide bonds. The maximum atomic E-state index is 11.9. The minimum absolute atomic E-state index is 0.337. The number of nitrogens with zero attached hydrogens (tertiary/aromatic N) is 1. The molecule has 27 heavy (non-hydrogen) atoms. The van der Waals surface area contributed by atoms with Crippen LogP contribution in [0.4, 0.5) is 11.4 Å². The zero-order valence-electron chi connectivity index (χ0n) is 15.7. The van der Waals surface area contributed by atoms with Gasteiger partial charge in [0.2, 0.25) is 5.91 Å². The van der Waals surface area contributed by atoms with Crippen LogP contribution in [-0.2, 0) is 4.79 Å². The van der Waals surface area contributed by atoms with Gasteiger partial charge >= 0.3 is 0 Å². The number of hydrogen-bond donors (Lipinski definition) is 4. The molecule has 1 aliphatic rings. The maximum Gasteiger partial charge on any atom is 0.239 e. The Morgan fingerprint density at radius 3 is 2.70 bits per heavy atom. The highest BCUT2D eigenvalue weighted by Crippen LogP contribution is 2.29. The minimum Gasteiger partial charge on any atom is -0.374 e. The predicted molar refractivity (Wildman–Crippen MR) is 113 cm³/mol. The molecule has 1 unspecified atom stereocenters. The van der Waals surface area contributed by atoms with Crippen molar-refractivity contribution in [3.8, 4) is 6.07 Å². The van der Waals surface area contributed by atoms with Crippen LogP contribution in [0.25, 0.3) is 0 Å². The Labute approximate surface area is 166 Å². The van der Waals surface area contributed by atoms with Gasteiger partial charge in [-0.05, 0) is 37.5 Å². The highest BCUT2D eigenvalue weighted by Gasteiger charge is 2.23. The van der Waals surface area contributed by atoms with Gasteiger partial charge in [-0.15, -0.1) is 0 Å². The number of thiocarbonyl (C=S) groups is 1. The number of benzene rings is 1. The Morgan fingerprint density at radius 2 is 2.11 bits per heavy atom. The molecule has 7 heteroatoms. The number of amides is 1. The highest BCUT2D eigenvalue weighted by atomic mass is 32.1. The van der Waals surface area contributed by atoms with E-state index in [-0.39, 0.29) is 5.91 Å². The number of primary amides is 1. The summed E-state index contributed by atoms with van der Waals surface area (Å²) in [6.45, 7) is 1.68. The molecule has 1 saturated carbocycles. The number of carbonyl (C=O) groups excluding carboxylic acids is 1. The molecule has 0 aromatic heterocycles. The fraction of sp³-hybridized carbons (Fsp3) is 0.500. The molecule has 1 aliphatic carbocycles. The van der Waals surface area contributed by atoms with Crippen molar-refractivity contribution in [2.24, 2.45) is 11.7 Å². The van der Waals surface area contributed by atoms with E-state index in [1.54, 1.807) is 25.1 Å². The summed E-state index contributed by atoms with van der Waals surface area (Å²) in [5, 5.41) is 23.1. The number of nitriles is 1. The molecular formula is C20H27N5OS. The number of anilines is 2. The Bertz CT molecular complexity index is 749. The maximum absolute atomic E-state index is 11.9. The molecule has 1 fully saturated rings. The lowest BCUT2D eigenvalue weighted by Crippen LogP contribution is -2.37. The Hall–Kier alpha value is -2.46. The van der Waals surface area contributed by atoms with Gasteiger partial charge in [0, 0.05) is 17.8 Å². The molecule has 0 bridgehead atoms. The fourth-order valence-corrected chi connectivity index (χ4v) is 3.80. The van der Waals surface area contributed by atoms with E-state index in [0.29, 0.717) is 40.0 Å². The first kappa shape index (κ1) is 20.8. The second kappa shape index (κ2) is 10.0. The molecule has 0 radical (unpaired) electrons. The summed E-state index contributed by atoms with van der Waals surface area (Å²) in [6.07, 6.45) is 7.04. The van der Waals surface area contributed by atoms with Crippen molar-refractivity contribution in [2.75, 3.05) is 10.6 Å². The van der Waals surface area contributed by atoms with Crippen LogP contribution in [0.2, 0.25) is 0 Å². The first-order valence-corrected chi connectivity index (χ1v) is 9.73. The molecule has 0 heterocycles. The Morgan fingerprint density at radius 1 is 1.41 bits per heavy atom. The van der Waals surface area contributed by atoms with Crippen LogP contribution >= 0.6 is 12.2 Å². The standard InChI is InChI=1S/C20H27N5OS/c1-13(22)9-19(27)25-17-11-16(8-7-15(17)12-21)24-18(20(23)26)10-14-5-3-2-4-6-14/h7-8,11,14,18,22,24H,2-6,9-10H2,1H3,(H2,23,26)(H,25,27). The second-order valence-corrected chi connectivity index (χ2v) is 7.71. The summed E-state index contributed by atoms with van der Waals surface area (Å²) in [6, 6.07) is 6.91. The second-order valence-electron chi connectivity index (χ2n) is 7.22. The molecule has 1 atom stereocenters. The van der Waals surface area contributed by atoms with E-state index in [1.807, 2.05) is 0 Å². The van der Waals surface area contributed by atoms with Gasteiger partial charge < -0.3 is 21.8 Å². The van der Waals surface area contributed by atoms with E-state index in [1.165, 1.54) is 19.3 Å². The number of rotatable bonds is 8. The topological polar surface area (TPSA) is 115 Å². The van der Waals surface area contributed by atoms with Gasteiger partial charge in [-0.3, -0.25) is 4.79 Å². The van der Waals surface area contributed by atoms with Gasteiger partial charge in [0.05, 0.1) is 16.2 Å². The highest BCUT2D eigenvalue weighted by molar-refractivity contribution is 7.80. The van der Waals surface area contributed by atoms with Crippen molar-refractivity contribution in [2.45, 2.75) is 57.9 Å². The molecule has 1 aromatic carbocycles. The van der Waals surface area contributed by atoms with Gasteiger partial charge in [0.25, 0.3) is 0 Å². The first-order chi connectivity index (χ1) is 12.9. The summed E-state index contributed by atoms with van der Waals surface area (Å²) in [5.74, 6) is 0.150. The Balaban J connectivity index is 2.12. The summed E-state index contributed by atoms with van der Waals surface area (Å²) in [5.41, 5.74) is 7.79. The lowest BCUT2D eigenvalue weighted by Gasteiger charge is -2.26. The third-order valence-electron chi connectivity index (χ3n) is 4.82. The van der Waals surface area contributed by atoms with Gasteiger partial charge in [-0.2, -0.15) is 5.26 Å². The van der Waals surface area contributed by atoms with Crippen molar-refractivity contribution in [3.63, 3.8) is 0 Å². The molecule has 6 nitrogen and oxygen atoms in total. The first-order valence-electron chi connectivity index (χ1n) is 9.33. The lowest BCUT2D eigenvalue weighted by molar-refractivity contribution is -0.119. The van der Waals surface area contributed by atoms with Crippen LogP contribution in [-0.4, -0.2) is 22.6 Å². The summed E-state index contributed by atoms with van der Waals surface area (Å²) < 4.78 is 0. The minimum atomic E-state index is -0.440.